The molecule has 0 aliphatic heterocycles. The van der Waals surface area contributed by atoms with Crippen molar-refractivity contribution in [2.75, 3.05) is 7.11 Å². The molecule has 4 saturated carbocycles. The molecule has 25 heavy (non-hydrogen) atoms. The van der Waals surface area contributed by atoms with Gasteiger partial charge in [-0.25, -0.2) is 9.59 Å². The van der Waals surface area contributed by atoms with E-state index in [4.69, 9.17) is 15.2 Å². The van der Waals surface area contributed by atoms with E-state index in [9.17, 15) is 9.59 Å². The molecule has 4 aliphatic rings. The summed E-state index contributed by atoms with van der Waals surface area (Å²) in [4.78, 5) is 27.1. The minimum Gasteiger partial charge on any atom is -0.457 e. The number of rotatable bonds is 3. The normalized spacial score (nSPS) is 35.8. The number of ether oxygens (including phenoxy) is 2. The molecule has 142 valence electrons. The number of carbonyl (C=O) groups is 2. The van der Waals surface area contributed by atoms with Crippen LogP contribution in [0, 0.1) is 17.8 Å². The zero-order valence-corrected chi connectivity index (χ0v) is 16.1. The van der Waals surface area contributed by atoms with Crippen LogP contribution in [-0.2, 0) is 14.3 Å². The van der Waals surface area contributed by atoms with E-state index >= 15 is 0 Å². The minimum absolute atomic E-state index is 0.387. The van der Waals surface area contributed by atoms with Gasteiger partial charge in [-0.15, -0.1) is 0 Å². The standard InChI is InChI=1S/C19H32N2O4/c1-17(2,3)25-15(22)18(4,20)21(16(23)24-5)19-9-12-6-13(10-19)8-14(7-12)11-19/h12-14H,6-11,20H2,1-5H3/t12?,13?,14?,18-,19?/m0/s1. The first-order valence-electron chi connectivity index (χ1n) is 9.37. The summed E-state index contributed by atoms with van der Waals surface area (Å²) in [6, 6.07) is 0. The van der Waals surface area contributed by atoms with Gasteiger partial charge in [0.1, 0.15) is 5.60 Å². The first-order valence-corrected chi connectivity index (χ1v) is 9.37. The predicted molar refractivity (Wildman–Crippen MR) is 93.6 cm³/mol. The van der Waals surface area contributed by atoms with Gasteiger partial charge in [0.25, 0.3) is 0 Å². The van der Waals surface area contributed by atoms with Crippen molar-refractivity contribution in [1.29, 1.82) is 0 Å². The van der Waals surface area contributed by atoms with E-state index in [2.05, 4.69) is 0 Å². The SMILES string of the molecule is COC(=O)N(C12CC3CC(CC(C3)C1)C2)[C@](C)(N)C(=O)OC(C)(C)C. The molecule has 1 atom stereocenters. The van der Waals surface area contributed by atoms with Gasteiger partial charge in [-0.3, -0.25) is 10.6 Å². The number of esters is 1. The maximum Gasteiger partial charge on any atom is 0.411 e. The van der Waals surface area contributed by atoms with Crippen LogP contribution in [0.2, 0.25) is 0 Å². The van der Waals surface area contributed by atoms with Gasteiger partial charge in [0.2, 0.25) is 0 Å². The minimum atomic E-state index is -1.55. The van der Waals surface area contributed by atoms with E-state index in [1.807, 2.05) is 0 Å². The van der Waals surface area contributed by atoms with E-state index in [0.717, 1.165) is 19.3 Å². The van der Waals surface area contributed by atoms with Crippen molar-refractivity contribution >= 4 is 12.1 Å². The maximum atomic E-state index is 12.8. The van der Waals surface area contributed by atoms with Crippen molar-refractivity contribution < 1.29 is 19.1 Å². The Bertz CT molecular complexity index is 529. The molecule has 6 heteroatoms. The van der Waals surface area contributed by atoms with E-state index in [1.165, 1.54) is 31.3 Å². The molecule has 0 aromatic rings. The largest absolute Gasteiger partial charge is 0.457 e. The Labute approximate surface area is 150 Å². The van der Waals surface area contributed by atoms with Gasteiger partial charge in [0, 0.05) is 5.54 Å². The molecule has 2 N–H and O–H groups in total. The summed E-state index contributed by atoms with van der Waals surface area (Å²) in [7, 11) is 1.35. The molecule has 1 amide bonds. The second kappa shape index (κ2) is 5.86. The Morgan fingerprint density at radius 3 is 1.80 bits per heavy atom. The molecule has 4 aliphatic carbocycles. The van der Waals surface area contributed by atoms with Crippen molar-refractivity contribution in [2.45, 2.75) is 83.0 Å². The fraction of sp³-hybridized carbons (Fsp3) is 0.895. The predicted octanol–water partition coefficient (Wildman–Crippen LogP) is 3.04. The van der Waals surface area contributed by atoms with E-state index < -0.39 is 23.3 Å². The lowest BCUT2D eigenvalue weighted by molar-refractivity contribution is -0.179. The Morgan fingerprint density at radius 2 is 1.44 bits per heavy atom. The molecule has 0 aromatic heterocycles. The molecule has 0 unspecified atom stereocenters. The average molecular weight is 352 g/mol. The van der Waals surface area contributed by atoms with Crippen LogP contribution in [0.4, 0.5) is 4.79 Å². The van der Waals surface area contributed by atoms with Gasteiger partial charge in [-0.2, -0.15) is 0 Å². The quantitative estimate of drug-likeness (QED) is 0.623. The summed E-state index contributed by atoms with van der Waals surface area (Å²) in [5.41, 5.74) is 3.86. The summed E-state index contributed by atoms with van der Waals surface area (Å²) in [5, 5.41) is 0. The molecule has 0 aromatic carbocycles. The lowest BCUT2D eigenvalue weighted by Gasteiger charge is -2.62. The van der Waals surface area contributed by atoms with Gasteiger partial charge < -0.3 is 9.47 Å². The molecular formula is C19H32N2O4. The van der Waals surface area contributed by atoms with Crippen LogP contribution in [0.5, 0.6) is 0 Å². The third-order valence-corrected chi connectivity index (χ3v) is 6.11. The topological polar surface area (TPSA) is 81.9 Å². The number of nitrogens with two attached hydrogens (primary N) is 1. The monoisotopic (exact) mass is 352 g/mol. The zero-order valence-electron chi connectivity index (χ0n) is 16.1. The molecule has 0 saturated heterocycles. The van der Waals surface area contributed by atoms with Crippen molar-refractivity contribution in [3.8, 4) is 0 Å². The van der Waals surface area contributed by atoms with E-state index in [0.29, 0.717) is 17.8 Å². The van der Waals surface area contributed by atoms with Crippen LogP contribution < -0.4 is 5.73 Å². The average Bonchev–Trinajstić information content (AvgIpc) is 2.43. The summed E-state index contributed by atoms with van der Waals surface area (Å²) >= 11 is 0. The van der Waals surface area contributed by atoms with Gasteiger partial charge >= 0.3 is 12.1 Å². The van der Waals surface area contributed by atoms with Gasteiger partial charge in [0.05, 0.1) is 7.11 Å². The van der Waals surface area contributed by atoms with Crippen LogP contribution in [0.3, 0.4) is 0 Å². The fourth-order valence-electron chi connectivity index (χ4n) is 5.78. The first-order chi connectivity index (χ1) is 11.5. The number of amides is 1. The number of methoxy groups -OCH3 is 1. The zero-order chi connectivity index (χ0) is 18.6. The van der Waals surface area contributed by atoms with E-state index in [1.54, 1.807) is 27.7 Å². The van der Waals surface area contributed by atoms with Crippen molar-refractivity contribution in [2.24, 2.45) is 23.5 Å². The molecule has 0 heterocycles. The molecular weight excluding hydrogens is 320 g/mol. The smallest absolute Gasteiger partial charge is 0.411 e. The lowest BCUT2D eigenvalue weighted by atomic mass is 9.52. The van der Waals surface area contributed by atoms with Crippen LogP contribution in [0.25, 0.3) is 0 Å². The van der Waals surface area contributed by atoms with Crippen molar-refractivity contribution in [1.82, 2.24) is 4.90 Å². The van der Waals surface area contributed by atoms with Crippen molar-refractivity contribution in [3.05, 3.63) is 0 Å². The highest BCUT2D eigenvalue weighted by atomic mass is 16.6. The summed E-state index contributed by atoms with van der Waals surface area (Å²) in [6.45, 7) is 6.98. The Hall–Kier alpha value is -1.30. The molecule has 4 bridgehead atoms. The van der Waals surface area contributed by atoms with Gasteiger partial charge in [-0.1, -0.05) is 0 Å². The number of hydrogen-bond donors (Lipinski definition) is 1. The summed E-state index contributed by atoms with van der Waals surface area (Å²) in [5.74, 6) is 1.27. The molecule has 0 spiro atoms. The Morgan fingerprint density at radius 1 is 1.00 bits per heavy atom. The second-order valence-electron chi connectivity index (χ2n) is 9.60. The molecule has 4 rings (SSSR count). The van der Waals surface area contributed by atoms with E-state index in [-0.39, 0.29) is 5.54 Å². The number of nitrogens with zero attached hydrogens (tertiary/aromatic N) is 1. The van der Waals surface area contributed by atoms with Crippen LogP contribution in [0.15, 0.2) is 0 Å². The third kappa shape index (κ3) is 3.25. The fourth-order valence-corrected chi connectivity index (χ4v) is 5.78. The highest BCUT2D eigenvalue weighted by Crippen LogP contribution is 2.58. The lowest BCUT2D eigenvalue weighted by Crippen LogP contribution is -2.73. The molecule has 4 fully saturated rings. The Kier molecular flexibility index (Phi) is 4.34. The second-order valence-corrected chi connectivity index (χ2v) is 9.60. The highest BCUT2D eigenvalue weighted by molar-refractivity contribution is 5.85. The van der Waals surface area contributed by atoms with Crippen LogP contribution >= 0.6 is 0 Å². The van der Waals surface area contributed by atoms with Gasteiger partial charge in [-0.05, 0) is 84.0 Å². The number of carbonyl (C=O) groups excluding carboxylic acids is 2. The van der Waals surface area contributed by atoms with Crippen LogP contribution in [0.1, 0.15) is 66.2 Å². The highest BCUT2D eigenvalue weighted by Gasteiger charge is 2.60. The summed E-state index contributed by atoms with van der Waals surface area (Å²) < 4.78 is 10.6. The molecule has 0 radical (unpaired) electrons. The first kappa shape index (κ1) is 18.5. The summed E-state index contributed by atoms with van der Waals surface area (Å²) in [6.07, 6.45) is 5.90. The molecule has 6 nitrogen and oxygen atoms in total. The maximum absolute atomic E-state index is 12.8. The Balaban J connectivity index is 1.95. The number of hydrogen-bond acceptors (Lipinski definition) is 5. The third-order valence-electron chi connectivity index (χ3n) is 6.11. The van der Waals surface area contributed by atoms with Crippen molar-refractivity contribution in [3.63, 3.8) is 0 Å². The van der Waals surface area contributed by atoms with Gasteiger partial charge in [0.15, 0.2) is 5.66 Å². The van der Waals surface area contributed by atoms with Crippen LogP contribution in [-0.4, -0.2) is 40.9 Å².